The molecule has 0 saturated heterocycles. The molecule has 4 nitrogen and oxygen atoms in total. The van der Waals surface area contributed by atoms with E-state index in [2.05, 4.69) is 42.9 Å². The van der Waals surface area contributed by atoms with Crippen molar-refractivity contribution in [2.75, 3.05) is 0 Å². The Hall–Kier alpha value is -2.10. The van der Waals surface area contributed by atoms with Crippen LogP contribution in [0.15, 0.2) is 24.3 Å². The molecule has 1 aliphatic carbocycles. The minimum absolute atomic E-state index is 0.123. The number of hydrogen-bond donors (Lipinski definition) is 2. The number of aromatic nitrogens is 2. The fraction of sp³-hybridized carbons (Fsp3) is 0.412. The highest BCUT2D eigenvalue weighted by molar-refractivity contribution is 5.77. The summed E-state index contributed by atoms with van der Waals surface area (Å²) in [4.78, 5) is 19.0. The number of carboxylic acids is 1. The van der Waals surface area contributed by atoms with Gasteiger partial charge in [0.05, 0.1) is 5.69 Å². The molecule has 1 heterocycles. The molecule has 2 aromatic rings. The number of aryl methyl sites for hydroxylation is 1. The summed E-state index contributed by atoms with van der Waals surface area (Å²) < 4.78 is 0. The molecule has 2 N–H and O–H groups in total. The number of rotatable bonds is 2. The maximum absolute atomic E-state index is 11.2. The zero-order valence-electron chi connectivity index (χ0n) is 12.6. The van der Waals surface area contributed by atoms with Gasteiger partial charge in [-0.05, 0) is 23.8 Å². The third-order valence-electron chi connectivity index (χ3n) is 4.15. The van der Waals surface area contributed by atoms with Crippen LogP contribution in [0.5, 0.6) is 0 Å². The first-order valence-corrected chi connectivity index (χ1v) is 7.29. The van der Waals surface area contributed by atoms with Crippen molar-refractivity contribution in [3.05, 3.63) is 41.2 Å². The van der Waals surface area contributed by atoms with Gasteiger partial charge < -0.3 is 10.1 Å². The molecule has 1 unspecified atom stereocenters. The van der Waals surface area contributed by atoms with Gasteiger partial charge in [0, 0.05) is 11.3 Å². The lowest BCUT2D eigenvalue weighted by atomic mass is 9.87. The molecule has 0 spiro atoms. The summed E-state index contributed by atoms with van der Waals surface area (Å²) in [6.07, 6.45) is 1.41. The normalized spacial score (nSPS) is 17.8. The topological polar surface area (TPSA) is 66.0 Å². The molecule has 3 rings (SSSR count). The molecule has 21 heavy (non-hydrogen) atoms. The molecule has 1 aliphatic rings. The van der Waals surface area contributed by atoms with Crippen LogP contribution in [0.2, 0.25) is 0 Å². The molecule has 1 atom stereocenters. The van der Waals surface area contributed by atoms with E-state index in [1.54, 1.807) is 0 Å². The molecule has 110 valence electrons. The van der Waals surface area contributed by atoms with E-state index in [0.717, 1.165) is 23.5 Å². The standard InChI is InChI=1S/C17H20N2O2/c1-17(2,3)11-6-4-10(5-7-11)15-18-13-9-8-12(16(20)21)14(13)19-15/h4-7,12H,8-9H2,1-3H3,(H,18,19)(H,20,21). The second-order valence-corrected chi connectivity index (χ2v) is 6.71. The van der Waals surface area contributed by atoms with Gasteiger partial charge in [0.25, 0.3) is 0 Å². The van der Waals surface area contributed by atoms with Crippen LogP contribution in [0.1, 0.15) is 50.1 Å². The number of nitrogens with one attached hydrogen (secondary N) is 1. The number of carboxylic acid groups (broad SMARTS) is 1. The first-order chi connectivity index (χ1) is 9.86. The summed E-state index contributed by atoms with van der Waals surface area (Å²) in [5.74, 6) is -0.472. The Kier molecular flexibility index (Phi) is 3.12. The number of hydrogen-bond acceptors (Lipinski definition) is 2. The third-order valence-corrected chi connectivity index (χ3v) is 4.15. The summed E-state index contributed by atoms with van der Waals surface area (Å²) in [5, 5.41) is 9.21. The number of aromatic amines is 1. The van der Waals surface area contributed by atoms with E-state index in [1.165, 1.54) is 5.56 Å². The molecule has 0 fully saturated rings. The molecular weight excluding hydrogens is 264 g/mol. The van der Waals surface area contributed by atoms with Gasteiger partial charge in [0.15, 0.2) is 0 Å². The van der Waals surface area contributed by atoms with Crippen molar-refractivity contribution in [3.63, 3.8) is 0 Å². The molecular formula is C17H20N2O2. The summed E-state index contributed by atoms with van der Waals surface area (Å²) >= 11 is 0. The quantitative estimate of drug-likeness (QED) is 0.887. The van der Waals surface area contributed by atoms with Crippen LogP contribution < -0.4 is 0 Å². The lowest BCUT2D eigenvalue weighted by Crippen LogP contribution is -2.10. The first kappa shape index (κ1) is 13.9. The molecule has 0 radical (unpaired) electrons. The van der Waals surface area contributed by atoms with Crippen molar-refractivity contribution in [2.24, 2.45) is 0 Å². The summed E-state index contributed by atoms with van der Waals surface area (Å²) in [5.41, 5.74) is 4.07. The Morgan fingerprint density at radius 2 is 1.95 bits per heavy atom. The number of nitrogens with zero attached hydrogens (tertiary/aromatic N) is 1. The minimum Gasteiger partial charge on any atom is -0.481 e. The highest BCUT2D eigenvalue weighted by Gasteiger charge is 2.32. The van der Waals surface area contributed by atoms with Crippen LogP contribution in [0.25, 0.3) is 11.4 Å². The van der Waals surface area contributed by atoms with Crippen molar-refractivity contribution in [3.8, 4) is 11.4 Å². The van der Waals surface area contributed by atoms with Crippen molar-refractivity contribution >= 4 is 5.97 Å². The van der Waals surface area contributed by atoms with E-state index in [4.69, 9.17) is 0 Å². The Balaban J connectivity index is 1.92. The van der Waals surface area contributed by atoms with E-state index < -0.39 is 11.9 Å². The lowest BCUT2D eigenvalue weighted by Gasteiger charge is -2.18. The van der Waals surface area contributed by atoms with E-state index in [9.17, 15) is 9.90 Å². The van der Waals surface area contributed by atoms with Gasteiger partial charge in [0.2, 0.25) is 0 Å². The van der Waals surface area contributed by atoms with Crippen LogP contribution in [0.4, 0.5) is 0 Å². The number of carbonyl (C=O) groups is 1. The second kappa shape index (κ2) is 4.72. The average molecular weight is 284 g/mol. The van der Waals surface area contributed by atoms with E-state index in [-0.39, 0.29) is 5.41 Å². The minimum atomic E-state index is -0.783. The van der Waals surface area contributed by atoms with Crippen LogP contribution in [-0.4, -0.2) is 21.0 Å². The predicted octanol–water partition coefficient (Wildman–Crippen LogP) is 3.49. The molecule has 0 amide bonds. The molecule has 1 aromatic carbocycles. The first-order valence-electron chi connectivity index (χ1n) is 7.29. The largest absolute Gasteiger partial charge is 0.481 e. The number of imidazole rings is 1. The van der Waals surface area contributed by atoms with Crippen molar-refractivity contribution in [1.29, 1.82) is 0 Å². The zero-order chi connectivity index (χ0) is 15.2. The SMILES string of the molecule is CC(C)(C)c1ccc(-c2nc3c([nH]2)CCC3C(=O)O)cc1. The molecule has 0 saturated carbocycles. The highest BCUT2D eigenvalue weighted by Crippen LogP contribution is 2.34. The van der Waals surface area contributed by atoms with Crippen LogP contribution in [-0.2, 0) is 16.6 Å². The van der Waals surface area contributed by atoms with Gasteiger partial charge in [0.1, 0.15) is 11.7 Å². The molecule has 0 aliphatic heterocycles. The Bertz CT molecular complexity index is 678. The second-order valence-electron chi connectivity index (χ2n) is 6.71. The monoisotopic (exact) mass is 284 g/mol. The Morgan fingerprint density at radius 3 is 2.52 bits per heavy atom. The highest BCUT2D eigenvalue weighted by atomic mass is 16.4. The predicted molar refractivity (Wildman–Crippen MR) is 81.4 cm³/mol. The van der Waals surface area contributed by atoms with Gasteiger partial charge >= 0.3 is 5.97 Å². The van der Waals surface area contributed by atoms with E-state index >= 15 is 0 Å². The van der Waals surface area contributed by atoms with Crippen molar-refractivity contribution in [1.82, 2.24) is 9.97 Å². The number of H-pyrrole nitrogens is 1. The molecule has 0 bridgehead atoms. The lowest BCUT2D eigenvalue weighted by molar-refractivity contribution is -0.138. The summed E-state index contributed by atoms with van der Waals surface area (Å²) in [6, 6.07) is 8.31. The van der Waals surface area contributed by atoms with Crippen LogP contribution in [0.3, 0.4) is 0 Å². The smallest absolute Gasteiger partial charge is 0.312 e. The average Bonchev–Trinajstić information content (AvgIpc) is 2.96. The van der Waals surface area contributed by atoms with Crippen LogP contribution >= 0.6 is 0 Å². The maximum Gasteiger partial charge on any atom is 0.312 e. The number of benzene rings is 1. The summed E-state index contributed by atoms with van der Waals surface area (Å²) in [6.45, 7) is 6.54. The van der Waals surface area contributed by atoms with Gasteiger partial charge in [-0.15, -0.1) is 0 Å². The fourth-order valence-electron chi connectivity index (χ4n) is 2.83. The summed E-state index contributed by atoms with van der Waals surface area (Å²) in [7, 11) is 0. The fourth-order valence-corrected chi connectivity index (χ4v) is 2.83. The van der Waals surface area contributed by atoms with Gasteiger partial charge in [-0.2, -0.15) is 0 Å². The van der Waals surface area contributed by atoms with E-state index in [1.807, 2.05) is 12.1 Å². The number of fused-ring (bicyclic) bond motifs is 1. The van der Waals surface area contributed by atoms with Gasteiger partial charge in [-0.25, -0.2) is 4.98 Å². The maximum atomic E-state index is 11.2. The molecule has 4 heteroatoms. The Labute approximate surface area is 124 Å². The third kappa shape index (κ3) is 2.46. The number of aliphatic carboxylic acids is 1. The molecule has 1 aromatic heterocycles. The van der Waals surface area contributed by atoms with E-state index in [0.29, 0.717) is 12.1 Å². The van der Waals surface area contributed by atoms with Gasteiger partial charge in [-0.1, -0.05) is 45.0 Å². The van der Waals surface area contributed by atoms with Crippen molar-refractivity contribution in [2.45, 2.75) is 44.9 Å². The Morgan fingerprint density at radius 1 is 1.29 bits per heavy atom. The van der Waals surface area contributed by atoms with Crippen LogP contribution in [0, 0.1) is 0 Å². The zero-order valence-corrected chi connectivity index (χ0v) is 12.6. The van der Waals surface area contributed by atoms with Crippen molar-refractivity contribution < 1.29 is 9.90 Å². The van der Waals surface area contributed by atoms with Gasteiger partial charge in [-0.3, -0.25) is 4.79 Å².